The van der Waals surface area contributed by atoms with Crippen LogP contribution >= 0.6 is 11.6 Å². The Morgan fingerprint density at radius 3 is 2.43 bits per heavy atom. The first-order chi connectivity index (χ1) is 11.1. The third-order valence-corrected chi connectivity index (χ3v) is 6.26. The van der Waals surface area contributed by atoms with Gasteiger partial charge in [-0.15, -0.1) is 0 Å². The first-order valence-corrected chi connectivity index (χ1v) is 9.32. The highest BCUT2D eigenvalue weighted by atomic mass is 35.5. The van der Waals surface area contributed by atoms with E-state index < -0.39 is 16.3 Å². The van der Waals surface area contributed by atoms with E-state index in [-0.39, 0.29) is 10.9 Å². The lowest BCUT2D eigenvalue weighted by molar-refractivity contribution is 0.0681. The zero-order chi connectivity index (χ0) is 16.4. The van der Waals surface area contributed by atoms with Crippen molar-refractivity contribution in [1.29, 1.82) is 0 Å². The van der Waals surface area contributed by atoms with Gasteiger partial charge in [0.25, 0.3) is 0 Å². The fraction of sp³-hybridized carbons (Fsp3) is 0.294. The van der Waals surface area contributed by atoms with Gasteiger partial charge in [0.1, 0.15) is 0 Å². The van der Waals surface area contributed by atoms with Gasteiger partial charge in [0.2, 0.25) is 10.0 Å². The maximum absolute atomic E-state index is 13.1. The molecule has 1 heterocycles. The molecule has 2 atom stereocenters. The first kappa shape index (κ1) is 16.5. The van der Waals surface area contributed by atoms with Gasteiger partial charge >= 0.3 is 0 Å². The zero-order valence-electron chi connectivity index (χ0n) is 12.7. The Balaban J connectivity index is 2.07. The topological polar surface area (TPSA) is 46.6 Å². The number of nitrogens with zero attached hydrogens (tertiary/aromatic N) is 1. The van der Waals surface area contributed by atoms with Crippen LogP contribution in [0.4, 0.5) is 0 Å². The molecule has 3 rings (SSSR count). The summed E-state index contributed by atoms with van der Waals surface area (Å²) in [7, 11) is -3.66. The second-order valence-corrected chi connectivity index (χ2v) is 7.67. The summed E-state index contributed by atoms with van der Waals surface area (Å²) in [5.74, 6) is 0. The molecular formula is C17H18ClNO3S. The molecule has 4 nitrogen and oxygen atoms in total. The van der Waals surface area contributed by atoms with Crippen LogP contribution in [0.3, 0.4) is 0 Å². The van der Waals surface area contributed by atoms with Crippen LogP contribution in [0, 0.1) is 0 Å². The number of rotatable bonds is 4. The molecule has 122 valence electrons. The van der Waals surface area contributed by atoms with E-state index in [1.165, 1.54) is 4.31 Å². The number of sulfonamides is 1. The first-order valence-electron chi connectivity index (χ1n) is 7.50. The number of hydrogen-bond acceptors (Lipinski definition) is 3. The van der Waals surface area contributed by atoms with E-state index in [0.29, 0.717) is 23.6 Å². The monoisotopic (exact) mass is 351 g/mol. The Labute approximate surface area is 141 Å². The summed E-state index contributed by atoms with van der Waals surface area (Å²) in [6, 6.07) is 15.4. The molecule has 0 saturated carbocycles. The third kappa shape index (κ3) is 3.02. The van der Waals surface area contributed by atoms with Crippen LogP contribution in [0.15, 0.2) is 59.5 Å². The van der Waals surface area contributed by atoms with E-state index >= 15 is 0 Å². The van der Waals surface area contributed by atoms with Crippen LogP contribution in [-0.4, -0.2) is 25.4 Å². The van der Waals surface area contributed by atoms with Gasteiger partial charge in [-0.05, 0) is 24.6 Å². The minimum atomic E-state index is -3.66. The van der Waals surface area contributed by atoms with Gasteiger partial charge in [0, 0.05) is 10.6 Å². The van der Waals surface area contributed by atoms with E-state index in [1.807, 2.05) is 19.1 Å². The lowest BCUT2D eigenvalue weighted by Gasteiger charge is -2.27. The molecule has 2 aromatic rings. The molecule has 2 aromatic carbocycles. The van der Waals surface area contributed by atoms with Crippen molar-refractivity contribution in [1.82, 2.24) is 4.31 Å². The molecular weight excluding hydrogens is 334 g/mol. The Bertz CT molecular complexity index is 779. The van der Waals surface area contributed by atoms with Crippen LogP contribution in [0.1, 0.15) is 25.1 Å². The van der Waals surface area contributed by atoms with Gasteiger partial charge in [0.15, 0.2) is 6.23 Å². The van der Waals surface area contributed by atoms with Crippen molar-refractivity contribution in [3.05, 3.63) is 65.2 Å². The van der Waals surface area contributed by atoms with E-state index in [0.717, 1.165) is 0 Å². The van der Waals surface area contributed by atoms with Crippen molar-refractivity contribution < 1.29 is 13.2 Å². The Morgan fingerprint density at radius 2 is 1.78 bits per heavy atom. The summed E-state index contributed by atoms with van der Waals surface area (Å²) in [5, 5.41) is 0.502. The molecule has 0 bridgehead atoms. The molecule has 0 radical (unpaired) electrons. The second-order valence-electron chi connectivity index (χ2n) is 5.42. The molecule has 1 fully saturated rings. The number of halogens is 1. The lowest BCUT2D eigenvalue weighted by Crippen LogP contribution is -2.38. The zero-order valence-corrected chi connectivity index (χ0v) is 14.3. The fourth-order valence-electron chi connectivity index (χ4n) is 2.78. The number of ether oxygens (including phenoxy) is 1. The van der Waals surface area contributed by atoms with Gasteiger partial charge in [0.05, 0.1) is 17.5 Å². The van der Waals surface area contributed by atoms with Crippen molar-refractivity contribution in [2.45, 2.75) is 30.5 Å². The van der Waals surface area contributed by atoms with Crippen molar-refractivity contribution in [3.8, 4) is 0 Å². The van der Waals surface area contributed by atoms with Crippen LogP contribution in [0.5, 0.6) is 0 Å². The smallest absolute Gasteiger partial charge is 0.245 e. The Morgan fingerprint density at radius 1 is 1.13 bits per heavy atom. The van der Waals surface area contributed by atoms with Crippen molar-refractivity contribution in [2.24, 2.45) is 0 Å². The van der Waals surface area contributed by atoms with E-state index in [1.54, 1.807) is 42.5 Å². The molecule has 0 unspecified atom stereocenters. The molecule has 1 aliphatic heterocycles. The summed E-state index contributed by atoms with van der Waals surface area (Å²) < 4.78 is 33.5. The van der Waals surface area contributed by atoms with E-state index in [4.69, 9.17) is 16.3 Å². The van der Waals surface area contributed by atoms with Crippen molar-refractivity contribution >= 4 is 21.6 Å². The standard InChI is InChI=1S/C17H18ClNO3S/c1-2-13-12-22-17(15-10-6-7-11-16(15)18)19(13)23(20,21)14-8-4-3-5-9-14/h3-11,13,17H,2,12H2,1H3/t13-,17-/m1/s1. The highest BCUT2D eigenvalue weighted by Crippen LogP contribution is 2.39. The average Bonchev–Trinajstić information content (AvgIpc) is 3.01. The van der Waals surface area contributed by atoms with Crippen LogP contribution in [0.25, 0.3) is 0 Å². The Hall–Kier alpha value is -1.40. The molecule has 0 aromatic heterocycles. The highest BCUT2D eigenvalue weighted by molar-refractivity contribution is 7.89. The normalized spacial score (nSPS) is 22.3. The predicted molar refractivity (Wildman–Crippen MR) is 89.7 cm³/mol. The maximum Gasteiger partial charge on any atom is 0.245 e. The molecule has 23 heavy (non-hydrogen) atoms. The van der Waals surface area contributed by atoms with Gasteiger partial charge in [-0.3, -0.25) is 0 Å². The number of hydrogen-bond donors (Lipinski definition) is 0. The van der Waals surface area contributed by atoms with Gasteiger partial charge in [-0.2, -0.15) is 4.31 Å². The van der Waals surface area contributed by atoms with E-state index in [9.17, 15) is 8.42 Å². The van der Waals surface area contributed by atoms with Crippen molar-refractivity contribution in [3.63, 3.8) is 0 Å². The predicted octanol–water partition coefficient (Wildman–Crippen LogP) is 3.84. The molecule has 6 heteroatoms. The van der Waals surface area contributed by atoms with Gasteiger partial charge in [-0.1, -0.05) is 54.9 Å². The average molecular weight is 352 g/mol. The second kappa shape index (κ2) is 6.61. The van der Waals surface area contributed by atoms with E-state index in [2.05, 4.69) is 0 Å². The minimum Gasteiger partial charge on any atom is -0.356 e. The fourth-order valence-corrected chi connectivity index (χ4v) is 4.78. The summed E-state index contributed by atoms with van der Waals surface area (Å²) in [6.45, 7) is 2.31. The summed E-state index contributed by atoms with van der Waals surface area (Å²) in [4.78, 5) is 0.265. The van der Waals surface area contributed by atoms with Crippen LogP contribution < -0.4 is 0 Å². The van der Waals surface area contributed by atoms with Crippen LogP contribution in [-0.2, 0) is 14.8 Å². The maximum atomic E-state index is 13.1. The quantitative estimate of drug-likeness (QED) is 0.840. The van der Waals surface area contributed by atoms with Crippen molar-refractivity contribution in [2.75, 3.05) is 6.61 Å². The molecule has 0 spiro atoms. The summed E-state index contributed by atoms with van der Waals surface area (Å²) in [6.07, 6.45) is -0.0219. The third-order valence-electron chi connectivity index (χ3n) is 4.00. The van der Waals surface area contributed by atoms with Gasteiger partial charge < -0.3 is 4.74 Å². The Kier molecular flexibility index (Phi) is 4.73. The minimum absolute atomic E-state index is 0.207. The summed E-state index contributed by atoms with van der Waals surface area (Å²) in [5.41, 5.74) is 0.671. The SMILES string of the molecule is CC[C@@H]1CO[C@H](c2ccccc2Cl)N1S(=O)(=O)c1ccccc1. The highest BCUT2D eigenvalue weighted by Gasteiger charge is 2.43. The molecule has 1 aliphatic rings. The molecule has 0 amide bonds. The molecule has 0 N–H and O–H groups in total. The number of benzene rings is 2. The lowest BCUT2D eigenvalue weighted by atomic mass is 10.2. The van der Waals surface area contributed by atoms with Crippen LogP contribution in [0.2, 0.25) is 5.02 Å². The van der Waals surface area contributed by atoms with Gasteiger partial charge in [-0.25, -0.2) is 8.42 Å². The largest absolute Gasteiger partial charge is 0.356 e. The summed E-state index contributed by atoms with van der Waals surface area (Å²) >= 11 is 6.26. The molecule has 1 saturated heterocycles. The molecule has 0 aliphatic carbocycles.